The van der Waals surface area contributed by atoms with Crippen molar-refractivity contribution in [3.8, 4) is 5.75 Å². The molecule has 2 N–H and O–H groups in total. The maximum atomic E-state index is 12.6. The molecule has 0 fully saturated rings. The number of aromatic nitrogens is 1. The first-order valence-electron chi connectivity index (χ1n) is 8.11. The van der Waals surface area contributed by atoms with Crippen molar-refractivity contribution < 1.29 is 14.3 Å². The number of fused-ring (bicyclic) bond motifs is 1. The van der Waals surface area contributed by atoms with E-state index in [1.165, 1.54) is 6.92 Å². The van der Waals surface area contributed by atoms with Crippen molar-refractivity contribution in [3.05, 3.63) is 59.8 Å². The molecule has 0 spiro atoms. The Morgan fingerprint density at radius 3 is 2.42 bits per heavy atom. The second-order valence-corrected chi connectivity index (χ2v) is 5.87. The number of methoxy groups -OCH3 is 1. The number of anilines is 2. The minimum atomic E-state index is -0.314. The molecule has 2 aromatic carbocycles. The van der Waals surface area contributed by atoms with Crippen molar-refractivity contribution in [2.45, 2.75) is 13.8 Å². The number of nitrogens with zero attached hydrogens (tertiary/aromatic N) is 1. The zero-order chi connectivity index (χ0) is 18.7. The molecule has 0 saturated heterocycles. The number of benzene rings is 2. The summed E-state index contributed by atoms with van der Waals surface area (Å²) in [4.78, 5) is 28.3. The number of ether oxygens (including phenoxy) is 1. The van der Waals surface area contributed by atoms with Crippen LogP contribution in [-0.2, 0) is 4.79 Å². The molecule has 2 amide bonds. The Bertz CT molecular complexity index is 999. The maximum absolute atomic E-state index is 12.6. The standard InChI is InChI=1S/C20H19N3O3/c1-12-16(21-13(2)24)5-4-6-17(12)23-20(25)19-9-7-14-11-15(26-3)8-10-18(14)22-19/h4-11H,1-3H3,(H,21,24)(H,23,25). The molecule has 1 heterocycles. The van der Waals surface area contributed by atoms with Crippen molar-refractivity contribution in [3.63, 3.8) is 0 Å². The average Bonchev–Trinajstić information content (AvgIpc) is 2.63. The van der Waals surface area contributed by atoms with E-state index in [2.05, 4.69) is 15.6 Å². The van der Waals surface area contributed by atoms with Gasteiger partial charge in [-0.2, -0.15) is 0 Å². The molecule has 0 bridgehead atoms. The van der Waals surface area contributed by atoms with Crippen molar-refractivity contribution in [2.75, 3.05) is 17.7 Å². The van der Waals surface area contributed by atoms with Gasteiger partial charge >= 0.3 is 0 Å². The maximum Gasteiger partial charge on any atom is 0.274 e. The van der Waals surface area contributed by atoms with E-state index >= 15 is 0 Å². The van der Waals surface area contributed by atoms with Crippen LogP contribution in [0, 0.1) is 6.92 Å². The monoisotopic (exact) mass is 349 g/mol. The largest absolute Gasteiger partial charge is 0.497 e. The molecule has 6 nitrogen and oxygen atoms in total. The molecule has 0 aliphatic heterocycles. The second-order valence-electron chi connectivity index (χ2n) is 5.87. The van der Waals surface area contributed by atoms with Gasteiger partial charge in [0.1, 0.15) is 11.4 Å². The van der Waals surface area contributed by atoms with Crippen LogP contribution in [0.3, 0.4) is 0 Å². The van der Waals surface area contributed by atoms with Crippen LogP contribution in [0.2, 0.25) is 0 Å². The molecule has 3 aromatic rings. The Balaban J connectivity index is 1.86. The number of carbonyl (C=O) groups is 2. The summed E-state index contributed by atoms with van der Waals surface area (Å²) in [6.45, 7) is 3.28. The molecular formula is C20H19N3O3. The fraction of sp³-hybridized carbons (Fsp3) is 0.150. The summed E-state index contributed by atoms with van der Waals surface area (Å²) in [7, 11) is 1.60. The highest BCUT2D eigenvalue weighted by molar-refractivity contribution is 6.05. The van der Waals surface area contributed by atoms with E-state index in [9.17, 15) is 9.59 Å². The van der Waals surface area contributed by atoms with Crippen molar-refractivity contribution in [2.24, 2.45) is 0 Å². The summed E-state index contributed by atoms with van der Waals surface area (Å²) in [6, 6.07) is 14.3. The van der Waals surface area contributed by atoms with Crippen molar-refractivity contribution >= 4 is 34.1 Å². The fourth-order valence-corrected chi connectivity index (χ4v) is 2.64. The smallest absolute Gasteiger partial charge is 0.274 e. The molecule has 0 atom stereocenters. The Hall–Kier alpha value is -3.41. The van der Waals surface area contributed by atoms with E-state index < -0.39 is 0 Å². The zero-order valence-electron chi connectivity index (χ0n) is 14.8. The molecule has 1 aromatic heterocycles. The predicted octanol–water partition coefficient (Wildman–Crippen LogP) is 3.76. The number of nitrogens with one attached hydrogen (secondary N) is 2. The van der Waals surface area contributed by atoms with Crippen molar-refractivity contribution in [1.29, 1.82) is 0 Å². The SMILES string of the molecule is COc1ccc2nc(C(=O)Nc3cccc(NC(C)=O)c3C)ccc2c1. The highest BCUT2D eigenvalue weighted by Gasteiger charge is 2.12. The fourth-order valence-electron chi connectivity index (χ4n) is 2.64. The Kier molecular flexibility index (Phi) is 4.84. The van der Waals surface area contributed by atoms with Crippen LogP contribution in [0.4, 0.5) is 11.4 Å². The summed E-state index contributed by atoms with van der Waals surface area (Å²) in [5.41, 5.74) is 3.09. The molecule has 0 aliphatic rings. The Morgan fingerprint density at radius 1 is 1.00 bits per heavy atom. The number of rotatable bonds is 4. The number of hydrogen-bond acceptors (Lipinski definition) is 4. The van der Waals surface area contributed by atoms with Crippen LogP contribution >= 0.6 is 0 Å². The topological polar surface area (TPSA) is 80.3 Å². The van der Waals surface area contributed by atoms with Crippen LogP contribution in [0.1, 0.15) is 23.0 Å². The van der Waals surface area contributed by atoms with Crippen LogP contribution in [0.15, 0.2) is 48.5 Å². The van der Waals surface area contributed by atoms with Crippen LogP contribution < -0.4 is 15.4 Å². The molecule has 0 saturated carbocycles. The van der Waals surface area contributed by atoms with Gasteiger partial charge in [0.2, 0.25) is 5.91 Å². The van der Waals surface area contributed by atoms with E-state index in [4.69, 9.17) is 4.74 Å². The lowest BCUT2D eigenvalue weighted by atomic mass is 10.1. The minimum Gasteiger partial charge on any atom is -0.497 e. The highest BCUT2D eigenvalue weighted by atomic mass is 16.5. The van der Waals surface area contributed by atoms with E-state index in [0.717, 1.165) is 16.7 Å². The van der Waals surface area contributed by atoms with E-state index in [0.29, 0.717) is 22.6 Å². The van der Waals surface area contributed by atoms with Gasteiger partial charge in [-0.3, -0.25) is 9.59 Å². The predicted molar refractivity (Wildman–Crippen MR) is 102 cm³/mol. The molecule has 3 rings (SSSR count). The third-order valence-electron chi connectivity index (χ3n) is 4.02. The average molecular weight is 349 g/mol. The molecule has 0 aliphatic carbocycles. The summed E-state index contributed by atoms with van der Waals surface area (Å²) < 4.78 is 5.19. The lowest BCUT2D eigenvalue weighted by Crippen LogP contribution is -2.15. The lowest BCUT2D eigenvalue weighted by Gasteiger charge is -2.12. The zero-order valence-corrected chi connectivity index (χ0v) is 14.8. The summed E-state index contributed by atoms with van der Waals surface area (Å²) in [5, 5.41) is 6.49. The second kappa shape index (κ2) is 7.23. The molecule has 26 heavy (non-hydrogen) atoms. The quantitative estimate of drug-likeness (QED) is 0.751. The first-order valence-corrected chi connectivity index (χ1v) is 8.11. The molecule has 132 valence electrons. The Morgan fingerprint density at radius 2 is 1.73 bits per heavy atom. The molecule has 0 unspecified atom stereocenters. The number of amides is 2. The van der Waals surface area contributed by atoms with Gasteiger partial charge in [-0.1, -0.05) is 12.1 Å². The third-order valence-corrected chi connectivity index (χ3v) is 4.02. The van der Waals surface area contributed by atoms with Crippen LogP contribution in [0.25, 0.3) is 10.9 Å². The van der Waals surface area contributed by atoms with Gasteiger partial charge in [0.15, 0.2) is 0 Å². The first-order chi connectivity index (χ1) is 12.5. The molecule has 0 radical (unpaired) electrons. The minimum absolute atomic E-state index is 0.164. The van der Waals surface area contributed by atoms with Gasteiger partial charge in [-0.25, -0.2) is 4.98 Å². The Labute approximate surface area is 151 Å². The van der Waals surface area contributed by atoms with Crippen LogP contribution in [-0.4, -0.2) is 23.9 Å². The molecular weight excluding hydrogens is 330 g/mol. The highest BCUT2D eigenvalue weighted by Crippen LogP contribution is 2.24. The number of pyridine rings is 1. The normalized spacial score (nSPS) is 10.4. The van der Waals surface area contributed by atoms with Gasteiger partial charge in [0, 0.05) is 23.7 Å². The van der Waals surface area contributed by atoms with Gasteiger partial charge < -0.3 is 15.4 Å². The van der Waals surface area contributed by atoms with Crippen molar-refractivity contribution in [1.82, 2.24) is 4.98 Å². The summed E-state index contributed by atoms with van der Waals surface area (Å²) in [5.74, 6) is 0.260. The van der Waals surface area contributed by atoms with Gasteiger partial charge in [-0.15, -0.1) is 0 Å². The van der Waals surface area contributed by atoms with E-state index in [-0.39, 0.29) is 11.8 Å². The van der Waals surface area contributed by atoms with E-state index in [1.54, 1.807) is 37.4 Å². The van der Waals surface area contributed by atoms with Gasteiger partial charge in [0.05, 0.1) is 12.6 Å². The van der Waals surface area contributed by atoms with Gasteiger partial charge in [0.25, 0.3) is 5.91 Å². The summed E-state index contributed by atoms with van der Waals surface area (Å²) >= 11 is 0. The van der Waals surface area contributed by atoms with Crippen LogP contribution in [0.5, 0.6) is 5.75 Å². The lowest BCUT2D eigenvalue weighted by molar-refractivity contribution is -0.114. The van der Waals surface area contributed by atoms with E-state index in [1.807, 2.05) is 25.1 Å². The number of carbonyl (C=O) groups excluding carboxylic acids is 2. The number of hydrogen-bond donors (Lipinski definition) is 2. The molecule has 6 heteroatoms. The van der Waals surface area contributed by atoms with Gasteiger partial charge in [-0.05, 0) is 48.9 Å². The first kappa shape index (κ1) is 17.4. The summed E-state index contributed by atoms with van der Waals surface area (Å²) in [6.07, 6.45) is 0. The third kappa shape index (κ3) is 3.64.